The minimum atomic E-state index is -3.55. The summed E-state index contributed by atoms with van der Waals surface area (Å²) in [5, 5.41) is 2.75. The molecule has 2 aromatic rings. The number of benzene rings is 2. The van der Waals surface area contributed by atoms with Crippen LogP contribution in [0.25, 0.3) is 6.08 Å². The number of amides is 1. The van der Waals surface area contributed by atoms with E-state index in [0.29, 0.717) is 5.69 Å². The molecule has 0 atom stereocenters. The second-order valence-electron chi connectivity index (χ2n) is 7.47. The van der Waals surface area contributed by atoms with Crippen molar-refractivity contribution in [3.8, 4) is 0 Å². The predicted octanol–water partition coefficient (Wildman–Crippen LogP) is 1.64. The molecule has 1 heterocycles. The molecule has 1 aliphatic rings. The maximum atomic E-state index is 12.9. The third-order valence-electron chi connectivity index (χ3n) is 5.35. The zero-order chi connectivity index (χ0) is 20.9. The van der Waals surface area contributed by atoms with Crippen LogP contribution in [0.3, 0.4) is 0 Å². The Morgan fingerprint density at radius 1 is 1.07 bits per heavy atom. The molecule has 6 nitrogen and oxygen atoms in total. The molecule has 0 saturated carbocycles. The number of carbonyl (C=O) groups excluding carboxylic acids is 1. The van der Waals surface area contributed by atoms with Gasteiger partial charge in [-0.25, -0.2) is 8.42 Å². The first-order chi connectivity index (χ1) is 13.9. The Kier molecular flexibility index (Phi) is 6.84. The topological polar surface area (TPSA) is 70.9 Å². The molecule has 1 fully saturated rings. The van der Waals surface area contributed by atoms with Crippen LogP contribution in [0.15, 0.2) is 65.6 Å². The molecule has 0 unspecified atom stereocenters. The molecule has 1 saturated heterocycles. The third kappa shape index (κ3) is 5.53. The summed E-state index contributed by atoms with van der Waals surface area (Å²) in [5.41, 5.74) is 1.49. The number of likely N-dealkylation sites (tertiary alicyclic amines) is 1. The SMILES string of the molecule is CN(C1CC[NH+](C)CC1)S(=O)(=O)c1ccc(NC(=O)/C=C/c2ccccc2)cc1. The highest BCUT2D eigenvalue weighted by Gasteiger charge is 2.31. The molecule has 29 heavy (non-hydrogen) atoms. The molecule has 0 aromatic heterocycles. The van der Waals surface area contributed by atoms with Gasteiger partial charge in [-0.1, -0.05) is 30.3 Å². The van der Waals surface area contributed by atoms with Gasteiger partial charge in [0.2, 0.25) is 15.9 Å². The molecule has 0 spiro atoms. The van der Waals surface area contributed by atoms with Crippen molar-refractivity contribution >= 4 is 27.7 Å². The third-order valence-corrected chi connectivity index (χ3v) is 7.27. The zero-order valence-corrected chi connectivity index (χ0v) is 17.7. The van der Waals surface area contributed by atoms with Crippen LogP contribution in [0.1, 0.15) is 18.4 Å². The normalized spacial score (nSPS) is 20.1. The number of piperidine rings is 1. The second-order valence-corrected chi connectivity index (χ2v) is 9.46. The fraction of sp³-hybridized carbons (Fsp3) is 0.318. The lowest BCUT2D eigenvalue weighted by Crippen LogP contribution is -3.10. The fourth-order valence-electron chi connectivity index (χ4n) is 3.45. The molecular weight excluding hydrogens is 386 g/mol. The Morgan fingerprint density at radius 3 is 2.31 bits per heavy atom. The van der Waals surface area contributed by atoms with Gasteiger partial charge < -0.3 is 10.2 Å². The second kappa shape index (κ2) is 9.35. The summed E-state index contributed by atoms with van der Waals surface area (Å²) in [5.74, 6) is -0.268. The van der Waals surface area contributed by atoms with Gasteiger partial charge in [0, 0.05) is 37.7 Å². The fourth-order valence-corrected chi connectivity index (χ4v) is 4.87. The number of sulfonamides is 1. The van der Waals surface area contributed by atoms with Crippen molar-refractivity contribution in [2.45, 2.75) is 23.8 Å². The standard InChI is InChI=1S/C22H27N3O3S/c1-24-16-14-20(15-17-24)25(2)29(27,28)21-11-9-19(10-12-21)23-22(26)13-8-18-6-4-3-5-7-18/h3-13,20H,14-17H2,1-2H3,(H,23,26)/p+1/b13-8+. The van der Waals surface area contributed by atoms with Crippen molar-refractivity contribution < 1.29 is 18.1 Å². The van der Waals surface area contributed by atoms with Crippen LogP contribution in [-0.2, 0) is 14.8 Å². The van der Waals surface area contributed by atoms with E-state index in [2.05, 4.69) is 12.4 Å². The highest BCUT2D eigenvalue weighted by molar-refractivity contribution is 7.89. The molecule has 0 radical (unpaired) electrons. The van der Waals surface area contributed by atoms with E-state index in [1.165, 1.54) is 15.3 Å². The Morgan fingerprint density at radius 2 is 1.69 bits per heavy atom. The van der Waals surface area contributed by atoms with E-state index in [1.807, 2.05) is 30.3 Å². The number of nitrogens with zero attached hydrogens (tertiary/aromatic N) is 1. The lowest BCUT2D eigenvalue weighted by atomic mass is 10.1. The van der Waals surface area contributed by atoms with Crippen molar-refractivity contribution in [1.29, 1.82) is 0 Å². The average Bonchev–Trinajstić information content (AvgIpc) is 2.73. The molecule has 3 rings (SSSR count). The van der Waals surface area contributed by atoms with E-state index in [9.17, 15) is 13.2 Å². The van der Waals surface area contributed by atoms with Crippen molar-refractivity contribution in [1.82, 2.24) is 4.31 Å². The Balaban J connectivity index is 1.63. The number of rotatable bonds is 6. The van der Waals surface area contributed by atoms with E-state index in [0.717, 1.165) is 31.5 Å². The van der Waals surface area contributed by atoms with Crippen LogP contribution < -0.4 is 10.2 Å². The summed E-state index contributed by atoms with van der Waals surface area (Å²) in [6, 6.07) is 15.9. The van der Waals surface area contributed by atoms with Crippen LogP contribution in [-0.4, -0.2) is 51.9 Å². The highest BCUT2D eigenvalue weighted by Crippen LogP contribution is 2.21. The van der Waals surface area contributed by atoms with Crippen LogP contribution in [0.4, 0.5) is 5.69 Å². The van der Waals surface area contributed by atoms with Crippen LogP contribution in [0.5, 0.6) is 0 Å². The molecular formula is C22H28N3O3S+. The van der Waals surface area contributed by atoms with E-state index < -0.39 is 10.0 Å². The first kappa shape index (κ1) is 21.2. The summed E-state index contributed by atoms with van der Waals surface area (Å²) in [7, 11) is 0.239. The van der Waals surface area contributed by atoms with Gasteiger partial charge in [-0.05, 0) is 35.9 Å². The van der Waals surface area contributed by atoms with E-state index in [1.54, 1.807) is 37.4 Å². The van der Waals surface area contributed by atoms with Gasteiger partial charge >= 0.3 is 0 Å². The first-order valence-electron chi connectivity index (χ1n) is 9.80. The largest absolute Gasteiger partial charge is 0.337 e. The van der Waals surface area contributed by atoms with Crippen molar-refractivity contribution in [2.24, 2.45) is 0 Å². The number of hydrogen-bond acceptors (Lipinski definition) is 3. The van der Waals surface area contributed by atoms with Gasteiger partial charge in [-0.3, -0.25) is 4.79 Å². The molecule has 2 N–H and O–H groups in total. The van der Waals surface area contributed by atoms with Gasteiger partial charge in [-0.15, -0.1) is 0 Å². The summed E-state index contributed by atoms with van der Waals surface area (Å²) in [6.45, 7) is 1.96. The molecule has 7 heteroatoms. The summed E-state index contributed by atoms with van der Waals surface area (Å²) in [6.07, 6.45) is 4.91. The smallest absolute Gasteiger partial charge is 0.248 e. The Labute approximate surface area is 172 Å². The van der Waals surface area contributed by atoms with Crippen LogP contribution in [0.2, 0.25) is 0 Å². The number of quaternary nitrogens is 1. The summed E-state index contributed by atoms with van der Waals surface area (Å²) >= 11 is 0. The lowest BCUT2D eigenvalue weighted by Gasteiger charge is -2.32. The predicted molar refractivity (Wildman–Crippen MR) is 115 cm³/mol. The molecule has 0 bridgehead atoms. The van der Waals surface area contributed by atoms with Gasteiger partial charge in [0.05, 0.1) is 25.0 Å². The molecule has 2 aromatic carbocycles. The van der Waals surface area contributed by atoms with E-state index >= 15 is 0 Å². The zero-order valence-electron chi connectivity index (χ0n) is 16.8. The minimum Gasteiger partial charge on any atom is -0.337 e. The molecule has 1 amide bonds. The number of carbonyl (C=O) groups is 1. The molecule has 154 valence electrons. The van der Waals surface area contributed by atoms with Crippen LogP contribution in [0, 0.1) is 0 Å². The molecule has 1 aliphatic heterocycles. The van der Waals surface area contributed by atoms with Gasteiger partial charge in [0.25, 0.3) is 0 Å². The first-order valence-corrected chi connectivity index (χ1v) is 11.2. The number of hydrogen-bond donors (Lipinski definition) is 2. The van der Waals surface area contributed by atoms with Crippen LogP contribution >= 0.6 is 0 Å². The highest BCUT2D eigenvalue weighted by atomic mass is 32.2. The maximum Gasteiger partial charge on any atom is 0.248 e. The van der Waals surface area contributed by atoms with Crippen molar-refractivity contribution in [3.05, 3.63) is 66.2 Å². The monoisotopic (exact) mass is 414 g/mol. The van der Waals surface area contributed by atoms with E-state index in [-0.39, 0.29) is 16.8 Å². The summed E-state index contributed by atoms with van der Waals surface area (Å²) in [4.78, 5) is 13.8. The van der Waals surface area contributed by atoms with E-state index in [4.69, 9.17) is 0 Å². The maximum absolute atomic E-state index is 12.9. The van der Waals surface area contributed by atoms with Gasteiger partial charge in [-0.2, -0.15) is 4.31 Å². The quantitative estimate of drug-likeness (QED) is 0.706. The van der Waals surface area contributed by atoms with Crippen molar-refractivity contribution in [2.75, 3.05) is 32.5 Å². The lowest BCUT2D eigenvalue weighted by molar-refractivity contribution is -0.885. The Hall–Kier alpha value is -2.48. The molecule has 0 aliphatic carbocycles. The van der Waals surface area contributed by atoms with Gasteiger partial charge in [0.15, 0.2) is 0 Å². The Bertz CT molecular complexity index is 949. The number of anilines is 1. The summed E-state index contributed by atoms with van der Waals surface area (Å²) < 4.78 is 27.3. The minimum absolute atomic E-state index is 0.0335. The van der Waals surface area contributed by atoms with Crippen molar-refractivity contribution in [3.63, 3.8) is 0 Å². The van der Waals surface area contributed by atoms with Gasteiger partial charge in [0.1, 0.15) is 0 Å². The number of nitrogens with one attached hydrogen (secondary N) is 2. The average molecular weight is 415 g/mol.